The summed E-state index contributed by atoms with van der Waals surface area (Å²) in [6.07, 6.45) is 0. The normalized spacial score (nSPS) is 13.3. The number of anilines is 2. The van der Waals surface area contributed by atoms with Crippen LogP contribution >= 0.6 is 23.1 Å². The molecular formula is C29H28N4O4S2. The molecule has 200 valence electrons. The number of hydrogen-bond acceptors (Lipinski definition) is 7. The van der Waals surface area contributed by atoms with Crippen LogP contribution in [0.1, 0.15) is 31.8 Å². The predicted octanol–water partition coefficient (Wildman–Crippen LogP) is 5.37. The van der Waals surface area contributed by atoms with Crippen LogP contribution in [0.3, 0.4) is 0 Å². The second kappa shape index (κ2) is 12.0. The first kappa shape index (κ1) is 26.9. The first-order valence-corrected chi connectivity index (χ1v) is 14.4. The highest BCUT2D eigenvalue weighted by Gasteiger charge is 2.23. The van der Waals surface area contributed by atoms with Crippen LogP contribution in [0.15, 0.2) is 65.0 Å². The summed E-state index contributed by atoms with van der Waals surface area (Å²) in [6, 6.07) is 18.2. The Labute approximate surface area is 234 Å². The number of thioether (sulfide) groups is 1. The van der Waals surface area contributed by atoms with Gasteiger partial charge in [-0.05, 0) is 61.4 Å². The Balaban J connectivity index is 1.24. The van der Waals surface area contributed by atoms with Crippen molar-refractivity contribution in [3.8, 4) is 0 Å². The number of rotatable bonds is 7. The van der Waals surface area contributed by atoms with Crippen LogP contribution in [-0.2, 0) is 9.53 Å². The van der Waals surface area contributed by atoms with E-state index in [-0.39, 0.29) is 23.5 Å². The van der Waals surface area contributed by atoms with Gasteiger partial charge in [0.1, 0.15) is 0 Å². The van der Waals surface area contributed by atoms with Crippen molar-refractivity contribution in [3.63, 3.8) is 0 Å². The molecule has 1 aliphatic rings. The van der Waals surface area contributed by atoms with Gasteiger partial charge in [-0.2, -0.15) is 0 Å². The molecule has 4 aromatic rings. The number of aromatic nitrogens is 1. The van der Waals surface area contributed by atoms with E-state index in [1.807, 2.05) is 44.2 Å². The molecule has 3 amide bonds. The van der Waals surface area contributed by atoms with Crippen molar-refractivity contribution < 1.29 is 19.1 Å². The van der Waals surface area contributed by atoms with E-state index < -0.39 is 0 Å². The SMILES string of the molecule is Cc1cccc(NC(=O)CSc2nc3ccc(NC(=O)c4ccccc4C(=O)N4CCOCC4)cc3s2)c1C. The zero-order chi connectivity index (χ0) is 27.4. The molecular weight excluding hydrogens is 532 g/mol. The second-order valence-electron chi connectivity index (χ2n) is 9.15. The van der Waals surface area contributed by atoms with Crippen molar-refractivity contribution in [1.82, 2.24) is 9.88 Å². The van der Waals surface area contributed by atoms with Crippen molar-refractivity contribution in [3.05, 3.63) is 82.9 Å². The minimum atomic E-state index is -0.353. The van der Waals surface area contributed by atoms with Crippen LogP contribution in [0.4, 0.5) is 11.4 Å². The van der Waals surface area contributed by atoms with Crippen LogP contribution in [-0.4, -0.2) is 59.7 Å². The lowest BCUT2D eigenvalue weighted by Gasteiger charge is -2.27. The Morgan fingerprint density at radius 1 is 0.974 bits per heavy atom. The molecule has 0 radical (unpaired) electrons. The van der Waals surface area contributed by atoms with Gasteiger partial charge in [-0.25, -0.2) is 4.98 Å². The van der Waals surface area contributed by atoms with E-state index >= 15 is 0 Å². The predicted molar refractivity (Wildman–Crippen MR) is 156 cm³/mol. The molecule has 3 aromatic carbocycles. The number of ether oxygens (including phenoxy) is 1. The van der Waals surface area contributed by atoms with Gasteiger partial charge in [0.25, 0.3) is 11.8 Å². The highest BCUT2D eigenvalue weighted by atomic mass is 32.2. The zero-order valence-corrected chi connectivity index (χ0v) is 23.3. The third kappa shape index (κ3) is 6.30. The van der Waals surface area contributed by atoms with Gasteiger partial charge in [-0.15, -0.1) is 11.3 Å². The molecule has 10 heteroatoms. The average molecular weight is 561 g/mol. The fraction of sp³-hybridized carbons (Fsp3) is 0.241. The van der Waals surface area contributed by atoms with Gasteiger partial charge in [0.05, 0.1) is 40.3 Å². The third-order valence-electron chi connectivity index (χ3n) is 6.53. The molecule has 2 heterocycles. The third-order valence-corrected chi connectivity index (χ3v) is 8.69. The number of nitrogens with zero attached hydrogens (tertiary/aromatic N) is 2. The van der Waals surface area contributed by atoms with E-state index in [4.69, 9.17) is 4.74 Å². The van der Waals surface area contributed by atoms with E-state index in [0.29, 0.717) is 43.1 Å². The summed E-state index contributed by atoms with van der Waals surface area (Å²) in [5.74, 6) is -0.379. The number of aryl methyl sites for hydroxylation is 1. The minimum Gasteiger partial charge on any atom is -0.378 e. The summed E-state index contributed by atoms with van der Waals surface area (Å²) in [4.78, 5) is 45.1. The molecule has 2 N–H and O–H groups in total. The molecule has 5 rings (SSSR count). The number of hydrogen-bond donors (Lipinski definition) is 2. The molecule has 0 saturated carbocycles. The molecule has 0 aliphatic carbocycles. The van der Waals surface area contributed by atoms with Gasteiger partial charge >= 0.3 is 0 Å². The Bertz CT molecular complexity index is 1550. The number of benzene rings is 3. The second-order valence-corrected chi connectivity index (χ2v) is 11.4. The van der Waals surface area contributed by atoms with Crippen LogP contribution in [0.25, 0.3) is 10.2 Å². The molecule has 0 unspecified atom stereocenters. The molecule has 8 nitrogen and oxygen atoms in total. The topological polar surface area (TPSA) is 101 Å². The Morgan fingerprint density at radius 3 is 2.54 bits per heavy atom. The summed E-state index contributed by atoms with van der Waals surface area (Å²) in [7, 11) is 0. The number of fused-ring (bicyclic) bond motifs is 1. The molecule has 0 spiro atoms. The standard InChI is InChI=1S/C29H28N4O4S2/c1-18-6-5-9-23(19(18)2)31-26(34)17-38-29-32-24-11-10-20(16-25(24)39-29)30-27(35)21-7-3-4-8-22(21)28(36)33-12-14-37-15-13-33/h3-11,16H,12-15,17H2,1-2H3,(H,30,35)(H,31,34). The Kier molecular flexibility index (Phi) is 8.25. The average Bonchev–Trinajstić information content (AvgIpc) is 3.37. The number of morpholine rings is 1. The highest BCUT2D eigenvalue weighted by molar-refractivity contribution is 8.01. The van der Waals surface area contributed by atoms with E-state index in [2.05, 4.69) is 15.6 Å². The van der Waals surface area contributed by atoms with E-state index in [1.54, 1.807) is 35.2 Å². The van der Waals surface area contributed by atoms with Gasteiger partial charge in [0.2, 0.25) is 5.91 Å². The van der Waals surface area contributed by atoms with E-state index in [1.165, 1.54) is 23.1 Å². The molecule has 1 aliphatic heterocycles. The molecule has 1 saturated heterocycles. The number of nitrogens with one attached hydrogen (secondary N) is 2. The monoisotopic (exact) mass is 560 g/mol. The van der Waals surface area contributed by atoms with Gasteiger partial charge < -0.3 is 20.3 Å². The van der Waals surface area contributed by atoms with Crippen molar-refractivity contribution in [2.45, 2.75) is 18.2 Å². The maximum atomic E-state index is 13.2. The summed E-state index contributed by atoms with van der Waals surface area (Å²) >= 11 is 2.84. The molecule has 1 fully saturated rings. The van der Waals surface area contributed by atoms with Crippen LogP contribution in [0, 0.1) is 13.8 Å². The molecule has 0 bridgehead atoms. The van der Waals surface area contributed by atoms with Gasteiger partial charge in [0, 0.05) is 24.5 Å². The molecule has 39 heavy (non-hydrogen) atoms. The lowest BCUT2D eigenvalue weighted by molar-refractivity contribution is -0.113. The van der Waals surface area contributed by atoms with Crippen molar-refractivity contribution >= 4 is 62.4 Å². The summed E-state index contributed by atoms with van der Waals surface area (Å²) in [5, 5.41) is 5.89. The van der Waals surface area contributed by atoms with Crippen LogP contribution in [0.5, 0.6) is 0 Å². The summed E-state index contributed by atoms with van der Waals surface area (Å²) < 4.78 is 7.00. The lowest BCUT2D eigenvalue weighted by Crippen LogP contribution is -2.41. The first-order chi connectivity index (χ1) is 18.9. The summed E-state index contributed by atoms with van der Waals surface area (Å²) in [5.41, 5.74) is 5.09. The quantitative estimate of drug-likeness (QED) is 0.295. The Hall–Kier alpha value is -3.73. The molecule has 0 atom stereocenters. The van der Waals surface area contributed by atoms with E-state index in [0.717, 1.165) is 31.4 Å². The van der Waals surface area contributed by atoms with E-state index in [9.17, 15) is 14.4 Å². The van der Waals surface area contributed by atoms with Gasteiger partial charge in [-0.3, -0.25) is 14.4 Å². The molecule has 1 aromatic heterocycles. The smallest absolute Gasteiger partial charge is 0.256 e. The number of thiazole rings is 1. The zero-order valence-electron chi connectivity index (χ0n) is 21.7. The Morgan fingerprint density at radius 2 is 1.74 bits per heavy atom. The van der Waals surface area contributed by atoms with Gasteiger partial charge in [0.15, 0.2) is 4.34 Å². The van der Waals surface area contributed by atoms with Gasteiger partial charge in [-0.1, -0.05) is 36.0 Å². The first-order valence-electron chi connectivity index (χ1n) is 12.6. The lowest BCUT2D eigenvalue weighted by atomic mass is 10.0. The highest BCUT2D eigenvalue weighted by Crippen LogP contribution is 2.32. The fourth-order valence-electron chi connectivity index (χ4n) is 4.25. The largest absolute Gasteiger partial charge is 0.378 e. The summed E-state index contributed by atoms with van der Waals surface area (Å²) in [6.45, 7) is 6.00. The van der Waals surface area contributed by atoms with Crippen molar-refractivity contribution in [1.29, 1.82) is 0 Å². The number of amides is 3. The van der Waals surface area contributed by atoms with Crippen molar-refractivity contribution in [2.24, 2.45) is 0 Å². The maximum Gasteiger partial charge on any atom is 0.256 e. The number of carbonyl (C=O) groups is 3. The fourth-order valence-corrected chi connectivity index (χ4v) is 6.15. The van der Waals surface area contributed by atoms with Crippen molar-refractivity contribution in [2.75, 3.05) is 42.7 Å². The van der Waals surface area contributed by atoms with Crippen LogP contribution in [0.2, 0.25) is 0 Å². The maximum absolute atomic E-state index is 13.2. The van der Waals surface area contributed by atoms with Crippen LogP contribution < -0.4 is 10.6 Å². The number of carbonyl (C=O) groups excluding carboxylic acids is 3. The minimum absolute atomic E-state index is 0.0915.